The lowest BCUT2D eigenvalue weighted by Gasteiger charge is -2.22. The molecule has 1 aliphatic rings. The topological polar surface area (TPSA) is 71.5 Å². The van der Waals surface area contributed by atoms with Gasteiger partial charge in [0, 0.05) is 25.5 Å². The summed E-state index contributed by atoms with van der Waals surface area (Å²) in [6.07, 6.45) is 6.39. The molecule has 0 spiro atoms. The number of hydrogen-bond acceptors (Lipinski definition) is 4. The second-order valence-electron chi connectivity index (χ2n) is 4.58. The Kier molecular flexibility index (Phi) is 5.54. The predicted octanol–water partition coefficient (Wildman–Crippen LogP) is 0.724. The van der Waals surface area contributed by atoms with Gasteiger partial charge in [-0.2, -0.15) is 0 Å². The number of aromatic nitrogens is 1. The number of pyridine rings is 1. The molecule has 2 heterocycles. The number of rotatable bonds is 3. The Morgan fingerprint density at radius 1 is 1.55 bits per heavy atom. The molecular formula is C15H18N2O3. The van der Waals surface area contributed by atoms with E-state index in [1.807, 2.05) is 0 Å². The first kappa shape index (κ1) is 14.5. The molecule has 1 aromatic rings. The molecule has 1 saturated heterocycles. The highest BCUT2D eigenvalue weighted by Gasteiger charge is 2.16. The maximum absolute atomic E-state index is 12.1. The third-order valence-corrected chi connectivity index (χ3v) is 3.13. The molecule has 106 valence electrons. The van der Waals surface area contributed by atoms with Gasteiger partial charge in [0.2, 0.25) is 0 Å². The SMILES string of the molecule is O=C(NCC1CCCCO1)c1ccncc1C#CCO. The fourth-order valence-corrected chi connectivity index (χ4v) is 2.10. The van der Waals surface area contributed by atoms with Crippen LogP contribution >= 0.6 is 0 Å². The zero-order chi connectivity index (χ0) is 14.2. The van der Waals surface area contributed by atoms with Crippen LogP contribution in [0.1, 0.15) is 35.2 Å². The van der Waals surface area contributed by atoms with Gasteiger partial charge < -0.3 is 15.2 Å². The summed E-state index contributed by atoms with van der Waals surface area (Å²) in [5, 5.41) is 11.6. The molecular weight excluding hydrogens is 256 g/mol. The first-order valence-electron chi connectivity index (χ1n) is 6.75. The molecule has 0 aromatic carbocycles. The number of hydrogen-bond donors (Lipinski definition) is 2. The van der Waals surface area contributed by atoms with Gasteiger partial charge in [0.05, 0.1) is 17.2 Å². The van der Waals surface area contributed by atoms with Gasteiger partial charge in [0.25, 0.3) is 5.91 Å². The summed E-state index contributed by atoms with van der Waals surface area (Å²) < 4.78 is 5.57. The molecule has 1 atom stereocenters. The zero-order valence-corrected chi connectivity index (χ0v) is 11.3. The van der Waals surface area contributed by atoms with Crippen LogP contribution in [0.2, 0.25) is 0 Å². The Labute approximate surface area is 118 Å². The molecule has 5 heteroatoms. The van der Waals surface area contributed by atoms with E-state index in [4.69, 9.17) is 9.84 Å². The van der Waals surface area contributed by atoms with E-state index in [9.17, 15) is 4.79 Å². The van der Waals surface area contributed by atoms with Crippen LogP contribution in [-0.2, 0) is 4.74 Å². The monoisotopic (exact) mass is 274 g/mol. The van der Waals surface area contributed by atoms with Crippen LogP contribution in [0.4, 0.5) is 0 Å². The van der Waals surface area contributed by atoms with E-state index in [2.05, 4.69) is 22.1 Å². The fourth-order valence-electron chi connectivity index (χ4n) is 2.10. The first-order valence-corrected chi connectivity index (χ1v) is 6.75. The minimum absolute atomic E-state index is 0.0986. The number of amides is 1. The third-order valence-electron chi connectivity index (χ3n) is 3.13. The van der Waals surface area contributed by atoms with Gasteiger partial charge in [0.15, 0.2) is 0 Å². The lowest BCUT2D eigenvalue weighted by molar-refractivity contribution is 0.0169. The second kappa shape index (κ2) is 7.63. The maximum atomic E-state index is 12.1. The lowest BCUT2D eigenvalue weighted by atomic mass is 10.1. The lowest BCUT2D eigenvalue weighted by Crippen LogP contribution is -2.35. The number of nitrogens with one attached hydrogen (secondary N) is 1. The van der Waals surface area contributed by atoms with Crippen LogP contribution in [0.25, 0.3) is 0 Å². The summed E-state index contributed by atoms with van der Waals surface area (Å²) in [5.74, 6) is 5.06. The predicted molar refractivity (Wildman–Crippen MR) is 74.1 cm³/mol. The summed E-state index contributed by atoms with van der Waals surface area (Å²) in [6, 6.07) is 1.62. The summed E-state index contributed by atoms with van der Waals surface area (Å²) in [7, 11) is 0. The van der Waals surface area contributed by atoms with Gasteiger partial charge in [-0.15, -0.1) is 0 Å². The van der Waals surface area contributed by atoms with E-state index in [0.29, 0.717) is 17.7 Å². The molecule has 2 N–H and O–H groups in total. The molecule has 0 bridgehead atoms. The average molecular weight is 274 g/mol. The van der Waals surface area contributed by atoms with Crippen molar-refractivity contribution < 1.29 is 14.6 Å². The molecule has 5 nitrogen and oxygen atoms in total. The second-order valence-corrected chi connectivity index (χ2v) is 4.58. The van der Waals surface area contributed by atoms with Crippen molar-refractivity contribution in [3.05, 3.63) is 29.6 Å². The quantitative estimate of drug-likeness (QED) is 0.797. The number of aliphatic hydroxyl groups excluding tert-OH is 1. The fraction of sp³-hybridized carbons (Fsp3) is 0.467. The van der Waals surface area contributed by atoms with Crippen molar-refractivity contribution in [3.63, 3.8) is 0 Å². The van der Waals surface area contributed by atoms with Gasteiger partial charge in [-0.1, -0.05) is 11.8 Å². The molecule has 1 aromatic heterocycles. The Morgan fingerprint density at radius 3 is 3.20 bits per heavy atom. The molecule has 1 amide bonds. The van der Waals surface area contributed by atoms with Crippen molar-refractivity contribution in [3.8, 4) is 11.8 Å². The summed E-state index contributed by atoms with van der Waals surface area (Å²) in [4.78, 5) is 16.1. The third kappa shape index (κ3) is 4.05. The number of aliphatic hydroxyl groups is 1. The van der Waals surface area contributed by atoms with Gasteiger partial charge in [0.1, 0.15) is 6.61 Å². The largest absolute Gasteiger partial charge is 0.384 e. The highest BCUT2D eigenvalue weighted by atomic mass is 16.5. The normalized spacial score (nSPS) is 17.9. The highest BCUT2D eigenvalue weighted by Crippen LogP contribution is 2.12. The number of nitrogens with zero attached hydrogens (tertiary/aromatic N) is 1. The molecule has 1 unspecified atom stereocenters. The smallest absolute Gasteiger partial charge is 0.252 e. The zero-order valence-electron chi connectivity index (χ0n) is 11.3. The molecule has 0 saturated carbocycles. The molecule has 2 rings (SSSR count). The van der Waals surface area contributed by atoms with Crippen molar-refractivity contribution in [2.75, 3.05) is 19.8 Å². The summed E-state index contributed by atoms with van der Waals surface area (Å²) in [6.45, 7) is 1.03. The standard InChI is InChI=1S/C15H18N2O3/c18-8-3-4-12-10-16-7-6-14(12)15(19)17-11-13-5-1-2-9-20-13/h6-7,10,13,18H,1-2,5,8-9,11H2,(H,17,19). The van der Waals surface area contributed by atoms with Crippen LogP contribution in [0.15, 0.2) is 18.5 Å². The van der Waals surface area contributed by atoms with Gasteiger partial charge in [-0.25, -0.2) is 0 Å². The van der Waals surface area contributed by atoms with Gasteiger partial charge >= 0.3 is 0 Å². The molecule has 1 fully saturated rings. The number of ether oxygens (including phenoxy) is 1. The van der Waals surface area contributed by atoms with E-state index >= 15 is 0 Å². The Balaban J connectivity index is 1.97. The molecule has 0 aliphatic carbocycles. The number of carbonyl (C=O) groups is 1. The van der Waals surface area contributed by atoms with Crippen LogP contribution in [0.5, 0.6) is 0 Å². The Hall–Kier alpha value is -1.90. The van der Waals surface area contributed by atoms with E-state index in [-0.39, 0.29) is 18.6 Å². The van der Waals surface area contributed by atoms with E-state index in [0.717, 1.165) is 25.9 Å². The molecule has 1 aliphatic heterocycles. The van der Waals surface area contributed by atoms with Gasteiger partial charge in [-0.05, 0) is 25.3 Å². The van der Waals surface area contributed by atoms with E-state index < -0.39 is 0 Å². The van der Waals surface area contributed by atoms with Crippen molar-refractivity contribution in [2.24, 2.45) is 0 Å². The molecule has 20 heavy (non-hydrogen) atoms. The van der Waals surface area contributed by atoms with E-state index in [1.165, 1.54) is 6.20 Å². The van der Waals surface area contributed by atoms with Crippen LogP contribution in [-0.4, -0.2) is 41.9 Å². The maximum Gasteiger partial charge on any atom is 0.252 e. The summed E-state index contributed by atoms with van der Waals surface area (Å²) >= 11 is 0. The Morgan fingerprint density at radius 2 is 2.45 bits per heavy atom. The van der Waals surface area contributed by atoms with E-state index in [1.54, 1.807) is 12.3 Å². The van der Waals surface area contributed by atoms with Crippen molar-refractivity contribution in [2.45, 2.75) is 25.4 Å². The minimum Gasteiger partial charge on any atom is -0.384 e. The Bertz CT molecular complexity index is 513. The minimum atomic E-state index is -0.244. The summed E-state index contributed by atoms with van der Waals surface area (Å²) in [5.41, 5.74) is 0.986. The van der Waals surface area contributed by atoms with Crippen molar-refractivity contribution in [1.82, 2.24) is 10.3 Å². The van der Waals surface area contributed by atoms with Crippen molar-refractivity contribution in [1.29, 1.82) is 0 Å². The van der Waals surface area contributed by atoms with Gasteiger partial charge in [-0.3, -0.25) is 9.78 Å². The van der Waals surface area contributed by atoms with Crippen LogP contribution in [0.3, 0.4) is 0 Å². The van der Waals surface area contributed by atoms with Crippen molar-refractivity contribution >= 4 is 5.91 Å². The highest BCUT2D eigenvalue weighted by molar-refractivity contribution is 5.96. The first-order chi connectivity index (χ1) is 9.81. The number of carbonyl (C=O) groups excluding carboxylic acids is 1. The molecule has 0 radical (unpaired) electrons. The average Bonchev–Trinajstić information content (AvgIpc) is 2.52. The van der Waals surface area contributed by atoms with Crippen LogP contribution < -0.4 is 5.32 Å². The van der Waals surface area contributed by atoms with Crippen LogP contribution in [0, 0.1) is 11.8 Å².